The summed E-state index contributed by atoms with van der Waals surface area (Å²) in [4.78, 5) is 6.52. The number of hydrogen-bond donors (Lipinski definition) is 1. The highest BCUT2D eigenvalue weighted by molar-refractivity contribution is 5.52. The summed E-state index contributed by atoms with van der Waals surface area (Å²) in [5.41, 5.74) is 1.56. The quantitative estimate of drug-likeness (QED) is 0.846. The van der Waals surface area contributed by atoms with Gasteiger partial charge < -0.3 is 9.52 Å². The second kappa shape index (κ2) is 7.17. The summed E-state index contributed by atoms with van der Waals surface area (Å²) in [6, 6.07) is 6.05. The van der Waals surface area contributed by atoms with Crippen LogP contribution in [0, 0.1) is 5.82 Å². The molecule has 2 aromatic rings. The van der Waals surface area contributed by atoms with Crippen LogP contribution in [0.2, 0.25) is 0 Å². The molecule has 1 heterocycles. The molecule has 0 aliphatic heterocycles. The van der Waals surface area contributed by atoms with Crippen molar-refractivity contribution in [2.75, 3.05) is 19.7 Å². The second-order valence-corrected chi connectivity index (χ2v) is 4.65. The Kier molecular flexibility index (Phi) is 5.26. The van der Waals surface area contributed by atoms with E-state index in [-0.39, 0.29) is 12.4 Å². The van der Waals surface area contributed by atoms with Crippen molar-refractivity contribution in [2.24, 2.45) is 0 Å². The zero-order valence-corrected chi connectivity index (χ0v) is 11.6. The van der Waals surface area contributed by atoms with E-state index in [1.54, 1.807) is 18.4 Å². The maximum Gasteiger partial charge on any atom is 0.226 e. The molecular weight excluding hydrogens is 259 g/mol. The Morgan fingerprint density at radius 1 is 1.25 bits per heavy atom. The summed E-state index contributed by atoms with van der Waals surface area (Å²) >= 11 is 0. The van der Waals surface area contributed by atoms with E-state index in [1.807, 2.05) is 0 Å². The average Bonchev–Trinajstić information content (AvgIpc) is 2.89. The smallest absolute Gasteiger partial charge is 0.226 e. The van der Waals surface area contributed by atoms with Gasteiger partial charge in [0.2, 0.25) is 5.89 Å². The van der Waals surface area contributed by atoms with Gasteiger partial charge in [-0.05, 0) is 37.2 Å². The molecule has 0 aliphatic carbocycles. The van der Waals surface area contributed by atoms with E-state index in [4.69, 9.17) is 9.52 Å². The normalized spacial score (nSPS) is 11.2. The number of rotatable bonds is 7. The minimum absolute atomic E-state index is 0.128. The number of hydrogen-bond acceptors (Lipinski definition) is 4. The molecule has 1 aromatic heterocycles. The fraction of sp³-hybridized carbons (Fsp3) is 0.400. The van der Waals surface area contributed by atoms with E-state index in [1.165, 1.54) is 12.1 Å². The third-order valence-corrected chi connectivity index (χ3v) is 2.98. The van der Waals surface area contributed by atoms with Gasteiger partial charge in [0.1, 0.15) is 12.1 Å². The maximum absolute atomic E-state index is 12.9. The Bertz CT molecular complexity index is 519. The topological polar surface area (TPSA) is 49.5 Å². The predicted molar refractivity (Wildman–Crippen MR) is 74.6 cm³/mol. The van der Waals surface area contributed by atoms with Crippen molar-refractivity contribution in [3.8, 4) is 11.5 Å². The number of aromatic nitrogens is 1. The van der Waals surface area contributed by atoms with Gasteiger partial charge in [-0.25, -0.2) is 9.37 Å². The highest BCUT2D eigenvalue weighted by atomic mass is 19.1. The van der Waals surface area contributed by atoms with Crippen LogP contribution in [0.3, 0.4) is 0 Å². The lowest BCUT2D eigenvalue weighted by Crippen LogP contribution is -2.27. The Hall–Kier alpha value is -1.72. The zero-order valence-electron chi connectivity index (χ0n) is 11.6. The van der Waals surface area contributed by atoms with Gasteiger partial charge in [-0.3, -0.25) is 4.90 Å². The SMILES string of the molecule is CCCN(CCO)Cc1coc(-c2ccc(F)cc2)n1. The highest BCUT2D eigenvalue weighted by Gasteiger charge is 2.10. The van der Waals surface area contributed by atoms with Crippen molar-refractivity contribution in [1.29, 1.82) is 0 Å². The molecular formula is C15H19FN2O2. The summed E-state index contributed by atoms with van der Waals surface area (Å²) in [6.45, 7) is 4.38. The summed E-state index contributed by atoms with van der Waals surface area (Å²) in [5.74, 6) is 0.207. The number of oxazole rings is 1. The fourth-order valence-corrected chi connectivity index (χ4v) is 2.06. The molecule has 4 nitrogen and oxygen atoms in total. The number of nitrogens with zero attached hydrogens (tertiary/aromatic N) is 2. The molecule has 0 aliphatic rings. The van der Waals surface area contributed by atoms with Gasteiger partial charge in [-0.1, -0.05) is 6.92 Å². The molecule has 1 aromatic carbocycles. The van der Waals surface area contributed by atoms with Crippen LogP contribution in [0.5, 0.6) is 0 Å². The van der Waals surface area contributed by atoms with E-state index >= 15 is 0 Å². The number of benzene rings is 1. The Balaban J connectivity index is 2.06. The molecule has 0 unspecified atom stereocenters. The van der Waals surface area contributed by atoms with Gasteiger partial charge in [0, 0.05) is 18.7 Å². The van der Waals surface area contributed by atoms with Crippen molar-refractivity contribution in [3.63, 3.8) is 0 Å². The van der Waals surface area contributed by atoms with Crippen LogP contribution in [-0.4, -0.2) is 34.7 Å². The van der Waals surface area contributed by atoms with Gasteiger partial charge in [0.25, 0.3) is 0 Å². The molecule has 2 rings (SSSR count). The van der Waals surface area contributed by atoms with Gasteiger partial charge in [0.05, 0.1) is 12.3 Å². The van der Waals surface area contributed by atoms with Crippen LogP contribution >= 0.6 is 0 Å². The van der Waals surface area contributed by atoms with E-state index < -0.39 is 0 Å². The molecule has 20 heavy (non-hydrogen) atoms. The molecule has 0 atom stereocenters. The van der Waals surface area contributed by atoms with Crippen molar-refractivity contribution >= 4 is 0 Å². The minimum Gasteiger partial charge on any atom is -0.444 e. The first-order valence-electron chi connectivity index (χ1n) is 6.76. The van der Waals surface area contributed by atoms with Crippen molar-refractivity contribution in [2.45, 2.75) is 19.9 Å². The molecule has 0 radical (unpaired) electrons. The van der Waals surface area contributed by atoms with Crippen LogP contribution in [0.4, 0.5) is 4.39 Å². The van der Waals surface area contributed by atoms with Crippen LogP contribution in [0.15, 0.2) is 34.9 Å². The number of aliphatic hydroxyl groups excluding tert-OH is 1. The van der Waals surface area contributed by atoms with E-state index in [9.17, 15) is 4.39 Å². The third-order valence-electron chi connectivity index (χ3n) is 2.98. The van der Waals surface area contributed by atoms with Crippen molar-refractivity contribution in [1.82, 2.24) is 9.88 Å². The van der Waals surface area contributed by atoms with Gasteiger partial charge in [-0.2, -0.15) is 0 Å². The lowest BCUT2D eigenvalue weighted by Gasteiger charge is -2.18. The number of halogens is 1. The van der Waals surface area contributed by atoms with Crippen LogP contribution in [0.1, 0.15) is 19.0 Å². The van der Waals surface area contributed by atoms with E-state index in [0.29, 0.717) is 19.0 Å². The lowest BCUT2D eigenvalue weighted by atomic mass is 10.2. The van der Waals surface area contributed by atoms with Gasteiger partial charge >= 0.3 is 0 Å². The summed E-state index contributed by atoms with van der Waals surface area (Å²) in [5, 5.41) is 9.03. The molecule has 0 bridgehead atoms. The average molecular weight is 278 g/mol. The molecule has 1 N–H and O–H groups in total. The van der Waals surface area contributed by atoms with Crippen LogP contribution in [-0.2, 0) is 6.54 Å². The van der Waals surface area contributed by atoms with Crippen molar-refractivity contribution in [3.05, 3.63) is 42.0 Å². The predicted octanol–water partition coefficient (Wildman–Crippen LogP) is 2.69. The maximum atomic E-state index is 12.9. The van der Waals surface area contributed by atoms with Crippen molar-refractivity contribution < 1.29 is 13.9 Å². The Morgan fingerprint density at radius 3 is 2.65 bits per heavy atom. The Morgan fingerprint density at radius 2 is 2.00 bits per heavy atom. The first-order valence-corrected chi connectivity index (χ1v) is 6.76. The number of aliphatic hydroxyl groups is 1. The summed E-state index contributed by atoms with van der Waals surface area (Å²) < 4.78 is 18.3. The van der Waals surface area contributed by atoms with E-state index in [2.05, 4.69) is 16.8 Å². The molecule has 108 valence electrons. The first kappa shape index (κ1) is 14.7. The molecule has 5 heteroatoms. The highest BCUT2D eigenvalue weighted by Crippen LogP contribution is 2.19. The van der Waals surface area contributed by atoms with Crippen LogP contribution in [0.25, 0.3) is 11.5 Å². The molecule has 0 fully saturated rings. The summed E-state index contributed by atoms with van der Waals surface area (Å²) in [7, 11) is 0. The van der Waals surface area contributed by atoms with Gasteiger partial charge in [-0.15, -0.1) is 0 Å². The lowest BCUT2D eigenvalue weighted by molar-refractivity contribution is 0.189. The molecule has 0 saturated heterocycles. The van der Waals surface area contributed by atoms with E-state index in [0.717, 1.165) is 24.2 Å². The standard InChI is InChI=1S/C15H19FN2O2/c1-2-7-18(8-9-19)10-14-11-20-15(17-14)12-3-5-13(16)6-4-12/h3-6,11,19H,2,7-10H2,1H3. The Labute approximate surface area is 117 Å². The third kappa shape index (κ3) is 3.88. The van der Waals surface area contributed by atoms with Gasteiger partial charge in [0.15, 0.2) is 0 Å². The fourth-order valence-electron chi connectivity index (χ4n) is 2.06. The monoisotopic (exact) mass is 278 g/mol. The van der Waals surface area contributed by atoms with Crippen LogP contribution < -0.4 is 0 Å². The molecule has 0 spiro atoms. The second-order valence-electron chi connectivity index (χ2n) is 4.65. The minimum atomic E-state index is -0.280. The largest absolute Gasteiger partial charge is 0.444 e. The molecule has 0 amide bonds. The zero-order chi connectivity index (χ0) is 14.4. The summed E-state index contributed by atoms with van der Waals surface area (Å²) in [6.07, 6.45) is 2.63. The molecule has 0 saturated carbocycles. The first-order chi connectivity index (χ1) is 9.72.